The van der Waals surface area contributed by atoms with Crippen LogP contribution in [0.5, 0.6) is 5.75 Å². The minimum absolute atomic E-state index is 0.117. The van der Waals surface area contributed by atoms with E-state index in [1.165, 1.54) is 6.08 Å². The molecule has 0 fully saturated rings. The standard InChI is InChI=1S/C16H13N3O2/c1-21-15-9-10(17)4-5-13(15)19-12-6-7-14(20)16-11(12)3-2-8-18-16/h2-9H,17H2,1H3. The Kier molecular flexibility index (Phi) is 3.23. The fourth-order valence-electron chi connectivity index (χ4n) is 2.15. The van der Waals surface area contributed by atoms with Crippen LogP contribution >= 0.6 is 0 Å². The van der Waals surface area contributed by atoms with Crippen molar-refractivity contribution in [3.8, 4) is 5.75 Å². The summed E-state index contributed by atoms with van der Waals surface area (Å²) in [6.07, 6.45) is 4.75. The molecule has 1 aromatic carbocycles. The number of benzene rings is 1. The molecule has 104 valence electrons. The van der Waals surface area contributed by atoms with Gasteiger partial charge in [-0.25, -0.2) is 4.99 Å². The third-order valence-electron chi connectivity index (χ3n) is 3.15. The lowest BCUT2D eigenvalue weighted by molar-refractivity contribution is 0.104. The lowest BCUT2D eigenvalue weighted by Gasteiger charge is -2.12. The van der Waals surface area contributed by atoms with Crippen LogP contribution in [0.1, 0.15) is 16.1 Å². The van der Waals surface area contributed by atoms with Gasteiger partial charge >= 0.3 is 0 Å². The Balaban J connectivity index is 2.13. The number of pyridine rings is 1. The predicted octanol–water partition coefficient (Wildman–Crippen LogP) is 2.55. The molecule has 0 amide bonds. The number of nitrogens with zero attached hydrogens (tertiary/aromatic N) is 2. The number of aliphatic imine (C=N–C) groups is 1. The minimum Gasteiger partial charge on any atom is -0.494 e. The van der Waals surface area contributed by atoms with Gasteiger partial charge in [-0.05, 0) is 36.4 Å². The van der Waals surface area contributed by atoms with Gasteiger partial charge in [0.2, 0.25) is 5.78 Å². The number of fused-ring (bicyclic) bond motifs is 1. The first-order valence-corrected chi connectivity index (χ1v) is 6.39. The van der Waals surface area contributed by atoms with Crippen molar-refractivity contribution in [3.05, 3.63) is 59.9 Å². The SMILES string of the molecule is COc1cc(N)ccc1N=C1C=CC(=O)c2ncccc21. The second kappa shape index (κ2) is 5.20. The van der Waals surface area contributed by atoms with Gasteiger partial charge < -0.3 is 10.5 Å². The van der Waals surface area contributed by atoms with E-state index in [2.05, 4.69) is 9.98 Å². The van der Waals surface area contributed by atoms with E-state index in [1.54, 1.807) is 43.6 Å². The fourth-order valence-corrected chi connectivity index (χ4v) is 2.15. The van der Waals surface area contributed by atoms with Gasteiger partial charge in [0.05, 0.1) is 12.8 Å². The van der Waals surface area contributed by atoms with Gasteiger partial charge in [-0.15, -0.1) is 0 Å². The van der Waals surface area contributed by atoms with Crippen molar-refractivity contribution >= 4 is 22.9 Å². The summed E-state index contributed by atoms with van der Waals surface area (Å²) >= 11 is 0. The molecule has 21 heavy (non-hydrogen) atoms. The first-order chi connectivity index (χ1) is 10.2. The quantitative estimate of drug-likeness (QED) is 0.857. The van der Waals surface area contributed by atoms with E-state index in [-0.39, 0.29) is 5.78 Å². The topological polar surface area (TPSA) is 77.6 Å². The minimum atomic E-state index is -0.117. The summed E-state index contributed by atoms with van der Waals surface area (Å²) in [5.41, 5.74) is 8.78. The zero-order valence-corrected chi connectivity index (χ0v) is 11.4. The largest absolute Gasteiger partial charge is 0.494 e. The Labute approximate surface area is 121 Å². The highest BCUT2D eigenvalue weighted by Gasteiger charge is 2.18. The Morgan fingerprint density at radius 2 is 2.10 bits per heavy atom. The number of nitrogens with two attached hydrogens (primary N) is 1. The number of allylic oxidation sites excluding steroid dienone is 2. The van der Waals surface area contributed by atoms with Crippen LogP contribution in [0.25, 0.3) is 0 Å². The number of rotatable bonds is 2. The van der Waals surface area contributed by atoms with Gasteiger partial charge in [0.15, 0.2) is 0 Å². The number of carbonyl (C=O) groups is 1. The maximum atomic E-state index is 11.8. The van der Waals surface area contributed by atoms with Crippen LogP contribution in [0.4, 0.5) is 11.4 Å². The monoisotopic (exact) mass is 279 g/mol. The lowest BCUT2D eigenvalue weighted by Crippen LogP contribution is -2.13. The first kappa shape index (κ1) is 13.1. The normalized spacial score (nSPS) is 15.1. The van der Waals surface area contributed by atoms with Gasteiger partial charge in [0, 0.05) is 23.5 Å². The van der Waals surface area contributed by atoms with Gasteiger partial charge in [0.1, 0.15) is 17.1 Å². The van der Waals surface area contributed by atoms with Gasteiger partial charge in [0.25, 0.3) is 0 Å². The van der Waals surface area contributed by atoms with Crippen molar-refractivity contribution in [2.75, 3.05) is 12.8 Å². The fraction of sp³-hybridized carbons (Fsp3) is 0.0625. The molecule has 1 aliphatic carbocycles. The first-order valence-electron chi connectivity index (χ1n) is 6.39. The van der Waals surface area contributed by atoms with Crippen molar-refractivity contribution in [1.29, 1.82) is 0 Å². The van der Waals surface area contributed by atoms with Crippen LogP contribution in [-0.2, 0) is 0 Å². The number of carbonyl (C=O) groups excluding carboxylic acids is 1. The molecule has 0 bridgehead atoms. The highest BCUT2D eigenvalue weighted by molar-refractivity contribution is 6.23. The van der Waals surface area contributed by atoms with Gasteiger partial charge in [-0.2, -0.15) is 0 Å². The number of hydrogen-bond acceptors (Lipinski definition) is 5. The average Bonchev–Trinajstić information content (AvgIpc) is 2.52. The molecule has 0 spiro atoms. The third-order valence-corrected chi connectivity index (χ3v) is 3.15. The maximum Gasteiger partial charge on any atom is 0.204 e. The number of hydrogen-bond donors (Lipinski definition) is 1. The molecular formula is C16H13N3O2. The van der Waals surface area contributed by atoms with Crippen molar-refractivity contribution < 1.29 is 9.53 Å². The number of ketones is 1. The van der Waals surface area contributed by atoms with E-state index < -0.39 is 0 Å². The maximum absolute atomic E-state index is 11.8. The molecule has 1 aromatic heterocycles. The highest BCUT2D eigenvalue weighted by Crippen LogP contribution is 2.30. The summed E-state index contributed by atoms with van der Waals surface area (Å²) in [4.78, 5) is 20.5. The van der Waals surface area contributed by atoms with Gasteiger partial charge in [-0.3, -0.25) is 9.78 Å². The van der Waals surface area contributed by atoms with Gasteiger partial charge in [-0.1, -0.05) is 0 Å². The molecule has 2 N–H and O–H groups in total. The predicted molar refractivity (Wildman–Crippen MR) is 81.3 cm³/mol. The Bertz CT molecular complexity index is 779. The van der Waals surface area contributed by atoms with Crippen LogP contribution in [0.15, 0.2) is 53.7 Å². The van der Waals surface area contributed by atoms with Crippen LogP contribution in [0.3, 0.4) is 0 Å². The van der Waals surface area contributed by atoms with Crippen molar-refractivity contribution in [2.45, 2.75) is 0 Å². The second-order valence-corrected chi connectivity index (χ2v) is 4.53. The molecule has 3 rings (SSSR count). The summed E-state index contributed by atoms with van der Waals surface area (Å²) in [6, 6.07) is 8.85. The molecule has 1 heterocycles. The van der Waals surface area contributed by atoms with E-state index in [4.69, 9.17) is 10.5 Å². The number of ether oxygens (including phenoxy) is 1. The van der Waals surface area contributed by atoms with Crippen molar-refractivity contribution in [1.82, 2.24) is 4.98 Å². The molecule has 0 radical (unpaired) electrons. The number of nitrogen functional groups attached to an aromatic ring is 1. The second-order valence-electron chi connectivity index (χ2n) is 4.53. The molecule has 2 aromatic rings. The molecule has 5 heteroatoms. The van der Waals surface area contributed by atoms with E-state index >= 15 is 0 Å². The summed E-state index contributed by atoms with van der Waals surface area (Å²) in [5.74, 6) is 0.465. The molecule has 0 saturated carbocycles. The van der Waals surface area contributed by atoms with E-state index in [0.717, 1.165) is 0 Å². The Hall–Kier alpha value is -2.95. The average molecular weight is 279 g/mol. The number of methoxy groups -OCH3 is 1. The molecular weight excluding hydrogens is 266 g/mol. The van der Waals surface area contributed by atoms with Crippen LogP contribution < -0.4 is 10.5 Å². The third kappa shape index (κ3) is 2.41. The Morgan fingerprint density at radius 1 is 1.24 bits per heavy atom. The molecule has 0 unspecified atom stereocenters. The summed E-state index contributed by atoms with van der Waals surface area (Å²) in [5, 5.41) is 0. The number of aromatic nitrogens is 1. The summed E-state index contributed by atoms with van der Waals surface area (Å²) < 4.78 is 5.28. The summed E-state index contributed by atoms with van der Waals surface area (Å²) in [6.45, 7) is 0. The lowest BCUT2D eigenvalue weighted by atomic mass is 9.99. The van der Waals surface area contributed by atoms with E-state index in [0.29, 0.717) is 34.1 Å². The van der Waals surface area contributed by atoms with Crippen molar-refractivity contribution in [2.24, 2.45) is 4.99 Å². The number of anilines is 1. The highest BCUT2D eigenvalue weighted by atomic mass is 16.5. The molecule has 0 saturated heterocycles. The summed E-state index contributed by atoms with van der Waals surface area (Å²) in [7, 11) is 1.56. The zero-order chi connectivity index (χ0) is 14.8. The van der Waals surface area contributed by atoms with Crippen LogP contribution in [0, 0.1) is 0 Å². The van der Waals surface area contributed by atoms with E-state index in [1.807, 2.05) is 6.07 Å². The smallest absolute Gasteiger partial charge is 0.204 e. The molecule has 0 atom stereocenters. The zero-order valence-electron chi connectivity index (χ0n) is 11.4. The van der Waals surface area contributed by atoms with Crippen LogP contribution in [0.2, 0.25) is 0 Å². The molecule has 1 aliphatic rings. The van der Waals surface area contributed by atoms with Crippen molar-refractivity contribution in [3.63, 3.8) is 0 Å². The Morgan fingerprint density at radius 3 is 2.90 bits per heavy atom. The van der Waals surface area contributed by atoms with E-state index in [9.17, 15) is 4.79 Å². The van der Waals surface area contributed by atoms with Crippen LogP contribution in [-0.4, -0.2) is 23.6 Å². The molecule has 5 nitrogen and oxygen atoms in total. The molecule has 0 aliphatic heterocycles.